The van der Waals surface area contributed by atoms with Crippen LogP contribution >= 0.6 is 11.6 Å². The summed E-state index contributed by atoms with van der Waals surface area (Å²) in [7, 11) is 1.83. The van der Waals surface area contributed by atoms with E-state index in [9.17, 15) is 4.39 Å². The molecule has 0 amide bonds. The fourth-order valence-electron chi connectivity index (χ4n) is 0.953. The van der Waals surface area contributed by atoms with E-state index >= 15 is 0 Å². The Kier molecular flexibility index (Phi) is 3.93. The van der Waals surface area contributed by atoms with Gasteiger partial charge in [-0.2, -0.15) is 0 Å². The van der Waals surface area contributed by atoms with Crippen LogP contribution in [-0.4, -0.2) is 13.6 Å². The lowest BCUT2D eigenvalue weighted by Gasteiger charge is -1.98. The van der Waals surface area contributed by atoms with E-state index in [-0.39, 0.29) is 10.8 Å². The molecule has 13 heavy (non-hydrogen) atoms. The quantitative estimate of drug-likeness (QED) is 0.790. The molecule has 0 aliphatic carbocycles. The van der Waals surface area contributed by atoms with Crippen molar-refractivity contribution in [1.29, 1.82) is 0 Å². The van der Waals surface area contributed by atoms with Crippen molar-refractivity contribution in [3.63, 3.8) is 0 Å². The first-order chi connectivity index (χ1) is 6.25. The number of benzene rings is 1. The summed E-state index contributed by atoms with van der Waals surface area (Å²) < 4.78 is 13.2. The first-order valence-electron chi connectivity index (χ1n) is 4.01. The molecule has 0 saturated heterocycles. The van der Waals surface area contributed by atoms with Gasteiger partial charge in [0.05, 0.1) is 5.02 Å². The summed E-state index contributed by atoms with van der Waals surface area (Å²) in [5.74, 6) is -0.364. The summed E-state index contributed by atoms with van der Waals surface area (Å²) in [5, 5.41) is 3.09. The normalized spacial score (nSPS) is 11.0. The summed E-state index contributed by atoms with van der Waals surface area (Å²) in [6.45, 7) is 0.714. The van der Waals surface area contributed by atoms with Gasteiger partial charge in [-0.15, -0.1) is 0 Å². The first-order valence-corrected chi connectivity index (χ1v) is 4.38. The lowest BCUT2D eigenvalue weighted by Crippen LogP contribution is -2.03. The molecule has 0 radical (unpaired) electrons. The van der Waals surface area contributed by atoms with Gasteiger partial charge in [0.25, 0.3) is 0 Å². The van der Waals surface area contributed by atoms with E-state index in [1.807, 2.05) is 13.1 Å². The fraction of sp³-hybridized carbons (Fsp3) is 0.200. The molecule has 0 saturated carbocycles. The summed E-state index contributed by atoms with van der Waals surface area (Å²) in [4.78, 5) is 0. The highest BCUT2D eigenvalue weighted by Crippen LogP contribution is 2.18. The topological polar surface area (TPSA) is 12.0 Å². The summed E-state index contributed by atoms with van der Waals surface area (Å²) in [5.41, 5.74) is 0.516. The Morgan fingerprint density at radius 2 is 2.31 bits per heavy atom. The Labute approximate surface area is 82.2 Å². The predicted octanol–water partition coefficient (Wildman–Crippen LogP) is 2.71. The molecule has 0 aliphatic heterocycles. The lowest BCUT2D eigenvalue weighted by atomic mass is 10.2. The van der Waals surface area contributed by atoms with Gasteiger partial charge < -0.3 is 5.32 Å². The highest BCUT2D eigenvalue weighted by atomic mass is 35.5. The molecule has 1 N–H and O–H groups in total. The van der Waals surface area contributed by atoms with Crippen LogP contribution in [-0.2, 0) is 0 Å². The Balaban J connectivity index is 2.83. The monoisotopic (exact) mass is 199 g/mol. The highest BCUT2D eigenvalue weighted by molar-refractivity contribution is 6.30. The van der Waals surface area contributed by atoms with E-state index in [0.717, 1.165) is 0 Å². The van der Waals surface area contributed by atoms with E-state index < -0.39 is 0 Å². The van der Waals surface area contributed by atoms with E-state index in [0.29, 0.717) is 12.1 Å². The van der Waals surface area contributed by atoms with Gasteiger partial charge in [0.2, 0.25) is 0 Å². The minimum atomic E-state index is -0.364. The maximum absolute atomic E-state index is 13.2. The molecule has 0 aliphatic rings. The molecule has 1 aromatic carbocycles. The Morgan fingerprint density at radius 3 is 3.00 bits per heavy atom. The van der Waals surface area contributed by atoms with Crippen LogP contribution in [0.25, 0.3) is 6.08 Å². The Bertz CT molecular complexity index is 310. The molecule has 3 heteroatoms. The SMILES string of the molecule is CNCC=Cc1cccc(Cl)c1F. The smallest absolute Gasteiger partial charge is 0.148 e. The third kappa shape index (κ3) is 2.83. The molecule has 0 bridgehead atoms. The van der Waals surface area contributed by atoms with Crippen LogP contribution in [0.1, 0.15) is 5.56 Å². The molecule has 1 rings (SSSR count). The second-order valence-electron chi connectivity index (χ2n) is 2.60. The second-order valence-corrected chi connectivity index (χ2v) is 3.01. The van der Waals surface area contributed by atoms with Crippen LogP contribution in [0, 0.1) is 5.82 Å². The third-order valence-corrected chi connectivity index (χ3v) is 1.89. The van der Waals surface area contributed by atoms with Gasteiger partial charge >= 0.3 is 0 Å². The van der Waals surface area contributed by atoms with E-state index in [1.165, 1.54) is 6.07 Å². The molecule has 1 aromatic rings. The van der Waals surface area contributed by atoms with Crippen LogP contribution in [0.5, 0.6) is 0 Å². The minimum absolute atomic E-state index is 0.159. The Hall–Kier alpha value is -0.860. The summed E-state index contributed by atoms with van der Waals surface area (Å²) in [6.07, 6.45) is 3.55. The minimum Gasteiger partial charge on any atom is -0.316 e. The molecule has 70 valence electrons. The van der Waals surface area contributed by atoms with Gasteiger partial charge in [-0.05, 0) is 13.1 Å². The largest absolute Gasteiger partial charge is 0.316 e. The van der Waals surface area contributed by atoms with Crippen LogP contribution in [0.2, 0.25) is 5.02 Å². The van der Waals surface area contributed by atoms with Crippen LogP contribution in [0.4, 0.5) is 4.39 Å². The van der Waals surface area contributed by atoms with Crippen molar-refractivity contribution in [2.24, 2.45) is 0 Å². The fourth-order valence-corrected chi connectivity index (χ4v) is 1.13. The maximum Gasteiger partial charge on any atom is 0.148 e. The number of likely N-dealkylation sites (N-methyl/N-ethyl adjacent to an activating group) is 1. The molecular formula is C10H11ClFN. The molecular weight excluding hydrogens is 189 g/mol. The molecule has 0 fully saturated rings. The number of rotatable bonds is 3. The van der Waals surface area contributed by atoms with Crippen molar-refractivity contribution in [3.8, 4) is 0 Å². The first kappa shape index (κ1) is 10.2. The standard InChI is InChI=1S/C10H11ClFN/c1-13-7-3-5-8-4-2-6-9(11)10(8)12/h2-6,13H,7H2,1H3. The van der Waals surface area contributed by atoms with Crippen molar-refractivity contribution >= 4 is 17.7 Å². The molecule has 1 nitrogen and oxygen atoms in total. The van der Waals surface area contributed by atoms with Crippen molar-refractivity contribution in [2.75, 3.05) is 13.6 Å². The van der Waals surface area contributed by atoms with Crippen molar-refractivity contribution in [1.82, 2.24) is 5.32 Å². The van der Waals surface area contributed by atoms with Gasteiger partial charge in [0.15, 0.2) is 0 Å². The van der Waals surface area contributed by atoms with Gasteiger partial charge in [0.1, 0.15) is 5.82 Å². The van der Waals surface area contributed by atoms with E-state index in [2.05, 4.69) is 5.32 Å². The molecule has 0 heterocycles. The third-order valence-electron chi connectivity index (χ3n) is 1.60. The molecule has 0 unspecified atom stereocenters. The van der Waals surface area contributed by atoms with Gasteiger partial charge in [-0.25, -0.2) is 4.39 Å². The van der Waals surface area contributed by atoms with Gasteiger partial charge in [-0.1, -0.05) is 35.9 Å². The number of hydrogen-bond acceptors (Lipinski definition) is 1. The van der Waals surface area contributed by atoms with Crippen molar-refractivity contribution in [2.45, 2.75) is 0 Å². The van der Waals surface area contributed by atoms with E-state index in [4.69, 9.17) is 11.6 Å². The highest BCUT2D eigenvalue weighted by Gasteiger charge is 2.01. The van der Waals surface area contributed by atoms with E-state index in [1.54, 1.807) is 18.2 Å². The van der Waals surface area contributed by atoms with Crippen molar-refractivity contribution in [3.05, 3.63) is 40.7 Å². The Morgan fingerprint density at radius 1 is 1.54 bits per heavy atom. The number of nitrogens with one attached hydrogen (secondary N) is 1. The molecule has 0 spiro atoms. The summed E-state index contributed by atoms with van der Waals surface area (Å²) >= 11 is 5.60. The maximum atomic E-state index is 13.2. The lowest BCUT2D eigenvalue weighted by molar-refractivity contribution is 0.625. The average molecular weight is 200 g/mol. The van der Waals surface area contributed by atoms with Crippen molar-refractivity contribution < 1.29 is 4.39 Å². The average Bonchev–Trinajstić information content (AvgIpc) is 2.13. The second kappa shape index (κ2) is 5.00. The zero-order valence-electron chi connectivity index (χ0n) is 7.35. The summed E-state index contributed by atoms with van der Waals surface area (Å²) in [6, 6.07) is 4.95. The molecule has 0 atom stereocenters. The van der Waals surface area contributed by atoms with Gasteiger partial charge in [-0.3, -0.25) is 0 Å². The predicted molar refractivity (Wildman–Crippen MR) is 54.4 cm³/mol. The zero-order chi connectivity index (χ0) is 9.68. The zero-order valence-corrected chi connectivity index (χ0v) is 8.11. The van der Waals surface area contributed by atoms with Crippen LogP contribution < -0.4 is 5.32 Å². The van der Waals surface area contributed by atoms with Crippen LogP contribution in [0.15, 0.2) is 24.3 Å². The number of hydrogen-bond donors (Lipinski definition) is 1. The van der Waals surface area contributed by atoms with Gasteiger partial charge in [0, 0.05) is 12.1 Å². The van der Waals surface area contributed by atoms with Crippen LogP contribution in [0.3, 0.4) is 0 Å². The number of halogens is 2. The molecule has 0 aromatic heterocycles.